The Morgan fingerprint density at radius 2 is 2.14 bits per heavy atom. The molecule has 1 amide bonds. The average Bonchev–Trinajstić information content (AvgIpc) is 3.18. The summed E-state index contributed by atoms with van der Waals surface area (Å²) in [5, 5.41) is 5.61. The number of benzene rings is 1. The van der Waals surface area contributed by atoms with Crippen LogP contribution in [0.25, 0.3) is 5.13 Å². The summed E-state index contributed by atoms with van der Waals surface area (Å²) in [6.45, 7) is 0. The zero-order valence-electron chi connectivity index (χ0n) is 12.0. The van der Waals surface area contributed by atoms with E-state index in [0.29, 0.717) is 11.4 Å². The molecule has 5 nitrogen and oxygen atoms in total. The van der Waals surface area contributed by atoms with E-state index < -0.39 is 0 Å². The molecule has 0 bridgehead atoms. The van der Waals surface area contributed by atoms with Crippen LogP contribution in [0.1, 0.15) is 5.69 Å². The topological polar surface area (TPSA) is 56.1 Å². The first-order valence-electron chi connectivity index (χ1n) is 6.76. The molecule has 0 aliphatic carbocycles. The van der Waals surface area contributed by atoms with E-state index in [1.54, 1.807) is 13.2 Å². The number of thiazole rings is 1. The predicted molar refractivity (Wildman–Crippen MR) is 86.8 cm³/mol. The number of carbonyl (C=O) groups excluding carboxylic acids is 1. The van der Waals surface area contributed by atoms with E-state index in [0.717, 1.165) is 10.8 Å². The second-order valence-electron chi connectivity index (χ2n) is 4.67. The maximum atomic E-state index is 12.1. The highest BCUT2D eigenvalue weighted by Crippen LogP contribution is 2.18. The van der Waals surface area contributed by atoms with Crippen LogP contribution >= 0.6 is 11.3 Å². The zero-order chi connectivity index (χ0) is 15.4. The molecule has 0 saturated heterocycles. The van der Waals surface area contributed by atoms with Gasteiger partial charge in [0.05, 0.1) is 19.2 Å². The van der Waals surface area contributed by atoms with Crippen molar-refractivity contribution in [3.63, 3.8) is 0 Å². The molecule has 3 rings (SSSR count). The number of ether oxygens (including phenoxy) is 1. The molecule has 0 aliphatic rings. The summed E-state index contributed by atoms with van der Waals surface area (Å²) < 4.78 is 7.06. The Morgan fingerprint density at radius 1 is 1.32 bits per heavy atom. The molecule has 0 fully saturated rings. The van der Waals surface area contributed by atoms with Crippen LogP contribution in [0.5, 0.6) is 5.75 Å². The number of carbonyl (C=O) groups is 1. The van der Waals surface area contributed by atoms with Crippen LogP contribution in [0, 0.1) is 0 Å². The smallest absolute Gasteiger partial charge is 0.230 e. The second kappa shape index (κ2) is 6.44. The largest absolute Gasteiger partial charge is 0.497 e. The van der Waals surface area contributed by atoms with Gasteiger partial charge in [0.15, 0.2) is 5.13 Å². The number of hydrogen-bond donors (Lipinski definition) is 1. The number of nitrogens with zero attached hydrogens (tertiary/aromatic N) is 2. The van der Waals surface area contributed by atoms with Crippen molar-refractivity contribution in [2.75, 3.05) is 12.4 Å². The highest BCUT2D eigenvalue weighted by atomic mass is 32.1. The van der Waals surface area contributed by atoms with Crippen molar-refractivity contribution in [1.82, 2.24) is 9.55 Å². The summed E-state index contributed by atoms with van der Waals surface area (Å²) in [5.41, 5.74) is 1.47. The van der Waals surface area contributed by atoms with Crippen LogP contribution in [-0.4, -0.2) is 22.6 Å². The summed E-state index contributed by atoms with van der Waals surface area (Å²) in [6.07, 6.45) is 4.10. The van der Waals surface area contributed by atoms with Gasteiger partial charge in [-0.1, -0.05) is 6.07 Å². The zero-order valence-corrected chi connectivity index (χ0v) is 12.8. The van der Waals surface area contributed by atoms with Crippen LogP contribution in [0.4, 0.5) is 5.69 Å². The summed E-state index contributed by atoms with van der Waals surface area (Å²) in [5.74, 6) is 0.610. The van der Waals surface area contributed by atoms with E-state index in [4.69, 9.17) is 4.74 Å². The fourth-order valence-corrected chi connectivity index (χ4v) is 2.82. The molecule has 0 unspecified atom stereocenters. The van der Waals surface area contributed by atoms with E-state index in [2.05, 4.69) is 10.3 Å². The molecule has 0 atom stereocenters. The van der Waals surface area contributed by atoms with E-state index >= 15 is 0 Å². The highest BCUT2D eigenvalue weighted by Gasteiger charge is 2.09. The Kier molecular flexibility index (Phi) is 4.20. The number of rotatable bonds is 5. The third-order valence-electron chi connectivity index (χ3n) is 3.06. The minimum atomic E-state index is -0.0994. The summed E-state index contributed by atoms with van der Waals surface area (Å²) in [4.78, 5) is 16.5. The first-order chi connectivity index (χ1) is 10.7. The van der Waals surface area contributed by atoms with Crippen molar-refractivity contribution in [2.24, 2.45) is 0 Å². The number of methoxy groups -OCH3 is 1. The molecule has 1 aromatic carbocycles. The van der Waals surface area contributed by atoms with Gasteiger partial charge in [-0.15, -0.1) is 11.3 Å². The summed E-state index contributed by atoms with van der Waals surface area (Å²) >= 11 is 1.51. The number of hydrogen-bond acceptors (Lipinski definition) is 4. The SMILES string of the molecule is COc1cccc(NC(=O)Cc2csc(-n3cccc3)n2)c1. The molecular weight excluding hydrogens is 298 g/mol. The first-order valence-corrected chi connectivity index (χ1v) is 7.64. The minimum absolute atomic E-state index is 0.0994. The quantitative estimate of drug-likeness (QED) is 0.787. The van der Waals surface area contributed by atoms with Crippen molar-refractivity contribution in [3.8, 4) is 10.9 Å². The third-order valence-corrected chi connectivity index (χ3v) is 3.96. The van der Waals surface area contributed by atoms with Gasteiger partial charge >= 0.3 is 0 Å². The first kappa shape index (κ1) is 14.3. The number of amides is 1. The molecule has 2 aromatic heterocycles. The number of aromatic nitrogens is 2. The second-order valence-corrected chi connectivity index (χ2v) is 5.51. The van der Waals surface area contributed by atoms with Crippen LogP contribution in [0.3, 0.4) is 0 Å². The lowest BCUT2D eigenvalue weighted by molar-refractivity contribution is -0.115. The van der Waals surface area contributed by atoms with Crippen molar-refractivity contribution >= 4 is 22.9 Å². The van der Waals surface area contributed by atoms with Crippen LogP contribution < -0.4 is 10.1 Å². The molecule has 0 spiro atoms. The van der Waals surface area contributed by atoms with Gasteiger partial charge in [-0.05, 0) is 24.3 Å². The van der Waals surface area contributed by atoms with Crippen molar-refractivity contribution < 1.29 is 9.53 Å². The van der Waals surface area contributed by atoms with Gasteiger partial charge in [0, 0.05) is 29.5 Å². The van der Waals surface area contributed by atoms with E-state index in [9.17, 15) is 4.79 Å². The lowest BCUT2D eigenvalue weighted by Crippen LogP contribution is -2.14. The van der Waals surface area contributed by atoms with Gasteiger partial charge < -0.3 is 14.6 Å². The normalized spacial score (nSPS) is 10.4. The maximum absolute atomic E-state index is 12.1. The van der Waals surface area contributed by atoms with Gasteiger partial charge in [0.25, 0.3) is 0 Å². The van der Waals surface area contributed by atoms with Gasteiger partial charge in [-0.25, -0.2) is 4.98 Å². The predicted octanol–water partition coefficient (Wildman–Crippen LogP) is 3.12. The molecule has 0 aliphatic heterocycles. The Balaban J connectivity index is 1.64. The van der Waals surface area contributed by atoms with Gasteiger partial charge in [-0.3, -0.25) is 4.79 Å². The van der Waals surface area contributed by atoms with Gasteiger partial charge in [0.2, 0.25) is 5.91 Å². The molecule has 22 heavy (non-hydrogen) atoms. The lowest BCUT2D eigenvalue weighted by atomic mass is 10.2. The number of anilines is 1. The summed E-state index contributed by atoms with van der Waals surface area (Å²) in [7, 11) is 1.60. The highest BCUT2D eigenvalue weighted by molar-refractivity contribution is 7.12. The van der Waals surface area contributed by atoms with E-state index in [-0.39, 0.29) is 12.3 Å². The Bertz CT molecular complexity index is 765. The van der Waals surface area contributed by atoms with E-state index in [1.807, 2.05) is 52.7 Å². The molecule has 3 aromatic rings. The standard InChI is InChI=1S/C16H15N3O2S/c1-21-14-6-4-5-12(9-14)17-15(20)10-13-11-22-16(18-13)19-7-2-3-8-19/h2-9,11H,10H2,1H3,(H,17,20). The average molecular weight is 313 g/mol. The minimum Gasteiger partial charge on any atom is -0.497 e. The van der Waals surface area contributed by atoms with Crippen LogP contribution in [0.2, 0.25) is 0 Å². The molecular formula is C16H15N3O2S. The molecule has 2 heterocycles. The van der Waals surface area contributed by atoms with Gasteiger partial charge in [-0.2, -0.15) is 0 Å². The molecule has 6 heteroatoms. The maximum Gasteiger partial charge on any atom is 0.230 e. The third kappa shape index (κ3) is 3.35. The molecule has 0 saturated carbocycles. The van der Waals surface area contributed by atoms with E-state index in [1.165, 1.54) is 11.3 Å². The molecule has 112 valence electrons. The van der Waals surface area contributed by atoms with Crippen molar-refractivity contribution in [3.05, 3.63) is 59.9 Å². The fourth-order valence-electron chi connectivity index (χ4n) is 2.03. The van der Waals surface area contributed by atoms with Crippen LogP contribution in [-0.2, 0) is 11.2 Å². The Hall–Kier alpha value is -2.60. The van der Waals surface area contributed by atoms with Gasteiger partial charge in [0.1, 0.15) is 5.75 Å². The lowest BCUT2D eigenvalue weighted by Gasteiger charge is -2.06. The van der Waals surface area contributed by atoms with Crippen molar-refractivity contribution in [2.45, 2.75) is 6.42 Å². The van der Waals surface area contributed by atoms with Crippen molar-refractivity contribution in [1.29, 1.82) is 0 Å². The number of nitrogens with one attached hydrogen (secondary N) is 1. The monoisotopic (exact) mass is 313 g/mol. The Morgan fingerprint density at radius 3 is 2.91 bits per heavy atom. The molecule has 0 radical (unpaired) electrons. The fraction of sp³-hybridized carbons (Fsp3) is 0.125. The Labute approximate surface area is 132 Å². The summed E-state index contributed by atoms with van der Waals surface area (Å²) in [6, 6.07) is 11.2. The van der Waals surface area contributed by atoms with Crippen LogP contribution in [0.15, 0.2) is 54.2 Å². The molecule has 1 N–H and O–H groups in total.